The third kappa shape index (κ3) is 2.67. The highest BCUT2D eigenvalue weighted by Gasteiger charge is 2.13. The Bertz CT molecular complexity index is 79.3. The van der Waals surface area contributed by atoms with Crippen molar-refractivity contribution in [1.29, 1.82) is 0 Å². The van der Waals surface area contributed by atoms with E-state index in [-0.39, 0.29) is 0 Å². The van der Waals surface area contributed by atoms with Crippen LogP contribution in [-0.4, -0.2) is 25.8 Å². The van der Waals surface area contributed by atoms with E-state index in [1.54, 1.807) is 0 Å². The van der Waals surface area contributed by atoms with E-state index >= 15 is 0 Å². The number of ether oxygens (including phenoxy) is 1. The Morgan fingerprint density at radius 2 is 2.50 bits per heavy atom. The van der Waals surface area contributed by atoms with Gasteiger partial charge in [0, 0.05) is 12.6 Å². The first-order valence-electron chi connectivity index (χ1n) is 4.24. The van der Waals surface area contributed by atoms with Crippen LogP contribution in [0.1, 0.15) is 26.2 Å². The summed E-state index contributed by atoms with van der Waals surface area (Å²) in [5.41, 5.74) is 0. The van der Waals surface area contributed by atoms with Gasteiger partial charge in [-0.05, 0) is 19.4 Å². The molecule has 0 saturated carbocycles. The number of unbranched alkanes of at least 4 members (excludes halogenated alkanes) is 1. The van der Waals surface area contributed by atoms with Gasteiger partial charge in [-0.3, -0.25) is 0 Å². The van der Waals surface area contributed by atoms with Crippen LogP contribution in [0.25, 0.3) is 0 Å². The zero-order valence-corrected chi connectivity index (χ0v) is 6.73. The molecule has 1 aliphatic rings. The summed E-state index contributed by atoms with van der Waals surface area (Å²) in [7, 11) is 0. The smallest absolute Gasteiger partial charge is 0.0620 e. The van der Waals surface area contributed by atoms with E-state index in [1.807, 2.05) is 0 Å². The Hall–Kier alpha value is -0.0800. The highest BCUT2D eigenvalue weighted by molar-refractivity contribution is 4.70. The molecule has 60 valence electrons. The third-order valence-electron chi connectivity index (χ3n) is 1.89. The van der Waals surface area contributed by atoms with E-state index in [0.29, 0.717) is 6.04 Å². The first-order chi connectivity index (χ1) is 4.93. The molecular weight excluding hydrogens is 126 g/mol. The minimum Gasteiger partial charge on any atom is -0.380 e. The molecule has 1 heterocycles. The second-order valence-electron chi connectivity index (χ2n) is 2.87. The van der Waals surface area contributed by atoms with Crippen LogP contribution in [0.15, 0.2) is 0 Å². The van der Waals surface area contributed by atoms with Gasteiger partial charge < -0.3 is 10.1 Å². The molecule has 1 N–H and O–H groups in total. The summed E-state index contributed by atoms with van der Waals surface area (Å²) in [5.74, 6) is 0. The van der Waals surface area contributed by atoms with E-state index in [9.17, 15) is 0 Å². The largest absolute Gasteiger partial charge is 0.380 e. The zero-order chi connectivity index (χ0) is 7.23. The lowest BCUT2D eigenvalue weighted by molar-refractivity contribution is 0.190. The summed E-state index contributed by atoms with van der Waals surface area (Å²) in [4.78, 5) is 0. The van der Waals surface area contributed by atoms with Gasteiger partial charge in [-0.25, -0.2) is 0 Å². The first kappa shape index (κ1) is 8.02. The van der Waals surface area contributed by atoms with Crippen LogP contribution in [-0.2, 0) is 4.74 Å². The fourth-order valence-corrected chi connectivity index (χ4v) is 1.18. The van der Waals surface area contributed by atoms with Crippen LogP contribution in [0.4, 0.5) is 0 Å². The number of nitrogens with one attached hydrogen (secondary N) is 1. The van der Waals surface area contributed by atoms with Crippen molar-refractivity contribution in [2.24, 2.45) is 0 Å². The molecule has 1 aliphatic heterocycles. The molecule has 1 fully saturated rings. The van der Waals surface area contributed by atoms with Crippen molar-refractivity contribution in [2.45, 2.75) is 32.2 Å². The molecule has 0 amide bonds. The van der Waals surface area contributed by atoms with Gasteiger partial charge in [0.05, 0.1) is 6.61 Å². The molecule has 0 aliphatic carbocycles. The van der Waals surface area contributed by atoms with Crippen LogP contribution >= 0.6 is 0 Å². The van der Waals surface area contributed by atoms with Crippen molar-refractivity contribution in [3.05, 3.63) is 0 Å². The summed E-state index contributed by atoms with van der Waals surface area (Å²) >= 11 is 0. The summed E-state index contributed by atoms with van der Waals surface area (Å²) < 4.78 is 5.23. The van der Waals surface area contributed by atoms with E-state index < -0.39 is 0 Å². The average Bonchev–Trinajstić information content (AvgIpc) is 2.41. The van der Waals surface area contributed by atoms with Gasteiger partial charge >= 0.3 is 0 Å². The Morgan fingerprint density at radius 3 is 3.10 bits per heavy atom. The minimum atomic E-state index is 0.645. The molecule has 1 atom stereocenters. The van der Waals surface area contributed by atoms with Gasteiger partial charge in [-0.2, -0.15) is 0 Å². The molecule has 0 aromatic heterocycles. The molecule has 1 rings (SSSR count). The second-order valence-corrected chi connectivity index (χ2v) is 2.87. The lowest BCUT2D eigenvalue weighted by Crippen LogP contribution is -2.29. The summed E-state index contributed by atoms with van der Waals surface area (Å²) in [6, 6.07) is 0.645. The standard InChI is InChI=1S/C8H17NO/c1-2-3-5-9-8-4-6-10-7-8/h8-9H,2-7H2,1H3/t8-/m1/s1. The maximum Gasteiger partial charge on any atom is 0.0620 e. The number of hydrogen-bond acceptors (Lipinski definition) is 2. The summed E-state index contributed by atoms with van der Waals surface area (Å²) in [6.45, 7) is 5.24. The third-order valence-corrected chi connectivity index (χ3v) is 1.89. The highest BCUT2D eigenvalue weighted by Crippen LogP contribution is 2.02. The van der Waals surface area contributed by atoms with Crippen molar-refractivity contribution < 1.29 is 4.74 Å². The Morgan fingerprint density at radius 1 is 1.60 bits per heavy atom. The quantitative estimate of drug-likeness (QED) is 0.596. The zero-order valence-electron chi connectivity index (χ0n) is 6.73. The molecule has 0 radical (unpaired) electrons. The van der Waals surface area contributed by atoms with Gasteiger partial charge in [0.2, 0.25) is 0 Å². The molecule has 10 heavy (non-hydrogen) atoms. The van der Waals surface area contributed by atoms with Gasteiger partial charge in [-0.1, -0.05) is 13.3 Å². The molecule has 1 saturated heterocycles. The number of rotatable bonds is 4. The summed E-state index contributed by atoms with van der Waals surface area (Å²) in [5, 5.41) is 3.46. The minimum absolute atomic E-state index is 0.645. The topological polar surface area (TPSA) is 21.3 Å². The molecule has 0 spiro atoms. The van der Waals surface area contributed by atoms with E-state index in [4.69, 9.17) is 4.74 Å². The van der Waals surface area contributed by atoms with E-state index in [2.05, 4.69) is 12.2 Å². The SMILES string of the molecule is CCCCN[C@@H]1CCOC1. The predicted octanol–water partition coefficient (Wildman–Crippen LogP) is 1.17. The lowest BCUT2D eigenvalue weighted by atomic mass is 10.2. The fraction of sp³-hybridized carbons (Fsp3) is 1.00. The maximum atomic E-state index is 5.23. The maximum absolute atomic E-state index is 5.23. The Balaban J connectivity index is 1.91. The molecule has 0 bridgehead atoms. The normalized spacial score (nSPS) is 25.5. The second kappa shape index (κ2) is 4.69. The van der Waals surface area contributed by atoms with E-state index in [1.165, 1.54) is 19.3 Å². The van der Waals surface area contributed by atoms with Crippen molar-refractivity contribution in [3.63, 3.8) is 0 Å². The van der Waals surface area contributed by atoms with Crippen molar-refractivity contribution in [3.8, 4) is 0 Å². The average molecular weight is 143 g/mol. The monoisotopic (exact) mass is 143 g/mol. The fourth-order valence-electron chi connectivity index (χ4n) is 1.18. The van der Waals surface area contributed by atoms with Crippen LogP contribution in [0.2, 0.25) is 0 Å². The van der Waals surface area contributed by atoms with Gasteiger partial charge in [0.25, 0.3) is 0 Å². The Labute approximate surface area is 63.0 Å². The van der Waals surface area contributed by atoms with Crippen LogP contribution in [0, 0.1) is 0 Å². The molecular formula is C8H17NO. The van der Waals surface area contributed by atoms with Gasteiger partial charge in [0.1, 0.15) is 0 Å². The predicted molar refractivity (Wildman–Crippen MR) is 42.1 cm³/mol. The van der Waals surface area contributed by atoms with Gasteiger partial charge in [0.15, 0.2) is 0 Å². The molecule has 0 aromatic carbocycles. The van der Waals surface area contributed by atoms with Crippen molar-refractivity contribution in [2.75, 3.05) is 19.8 Å². The number of hydrogen-bond donors (Lipinski definition) is 1. The van der Waals surface area contributed by atoms with Crippen LogP contribution in [0.5, 0.6) is 0 Å². The first-order valence-corrected chi connectivity index (χ1v) is 4.24. The van der Waals surface area contributed by atoms with Crippen molar-refractivity contribution >= 4 is 0 Å². The molecule has 2 heteroatoms. The van der Waals surface area contributed by atoms with Crippen LogP contribution < -0.4 is 5.32 Å². The van der Waals surface area contributed by atoms with Crippen LogP contribution in [0.3, 0.4) is 0 Å². The molecule has 2 nitrogen and oxygen atoms in total. The molecule has 0 aromatic rings. The molecule has 0 unspecified atom stereocenters. The summed E-state index contributed by atoms with van der Waals surface area (Å²) in [6.07, 6.45) is 3.76. The Kier molecular flexibility index (Phi) is 3.76. The van der Waals surface area contributed by atoms with Crippen molar-refractivity contribution in [1.82, 2.24) is 5.32 Å². The van der Waals surface area contributed by atoms with E-state index in [0.717, 1.165) is 19.8 Å². The highest BCUT2D eigenvalue weighted by atomic mass is 16.5. The lowest BCUT2D eigenvalue weighted by Gasteiger charge is -2.08. The van der Waals surface area contributed by atoms with Gasteiger partial charge in [-0.15, -0.1) is 0 Å².